The molecule has 2 aromatic carbocycles. The third-order valence-corrected chi connectivity index (χ3v) is 5.50. The van der Waals surface area contributed by atoms with Crippen molar-refractivity contribution < 1.29 is 10.0 Å². The van der Waals surface area contributed by atoms with E-state index in [2.05, 4.69) is 0 Å². The van der Waals surface area contributed by atoms with Crippen LogP contribution < -0.4 is 11.2 Å². The van der Waals surface area contributed by atoms with Gasteiger partial charge in [0.1, 0.15) is 4.70 Å². The average molecular weight is 392 g/mol. The topological polar surface area (TPSA) is 81.3 Å². The molecule has 140 valence electrons. The second-order valence-corrected chi connectivity index (χ2v) is 7.37. The number of carbonyl (C=O) groups excluding carboxylic acids is 1. The number of carbonyl (C=O) groups is 1. The van der Waals surface area contributed by atoms with Crippen LogP contribution in [-0.4, -0.2) is 20.3 Å². The van der Waals surface area contributed by atoms with E-state index in [1.807, 2.05) is 42.5 Å². The van der Waals surface area contributed by atoms with Crippen LogP contribution in [0.25, 0.3) is 21.3 Å². The minimum atomic E-state index is -0.778. The number of thiophene rings is 1. The molecule has 0 bridgehead atoms. The Morgan fingerprint density at radius 1 is 1.04 bits per heavy atom. The lowest BCUT2D eigenvalue weighted by Gasteiger charge is -2.11. The zero-order valence-corrected chi connectivity index (χ0v) is 15.8. The number of ketones is 1. The molecule has 0 aliphatic carbocycles. The van der Waals surface area contributed by atoms with E-state index in [0.717, 1.165) is 16.7 Å². The van der Waals surface area contributed by atoms with Crippen molar-refractivity contribution in [3.8, 4) is 11.1 Å². The lowest BCUT2D eigenvalue weighted by Crippen LogP contribution is -2.38. The van der Waals surface area contributed by atoms with E-state index in [1.165, 1.54) is 22.8 Å². The van der Waals surface area contributed by atoms with Crippen molar-refractivity contribution in [1.82, 2.24) is 9.30 Å². The predicted molar refractivity (Wildman–Crippen MR) is 109 cm³/mol. The van der Waals surface area contributed by atoms with Crippen LogP contribution in [0.2, 0.25) is 0 Å². The molecule has 0 atom stereocenters. The number of hydrogen-bond donors (Lipinski definition) is 1. The van der Waals surface area contributed by atoms with E-state index in [1.54, 1.807) is 17.5 Å². The van der Waals surface area contributed by atoms with Gasteiger partial charge in [0.05, 0.1) is 12.1 Å². The summed E-state index contributed by atoms with van der Waals surface area (Å²) >= 11 is 1.18. The fourth-order valence-corrected chi connectivity index (χ4v) is 4.00. The summed E-state index contributed by atoms with van der Waals surface area (Å²) in [5, 5.41) is 11.6. The van der Waals surface area contributed by atoms with Crippen LogP contribution >= 0.6 is 11.3 Å². The summed E-state index contributed by atoms with van der Waals surface area (Å²) in [5.74, 6) is -0.00499. The summed E-state index contributed by atoms with van der Waals surface area (Å²) in [6.45, 7) is 1.73. The molecule has 4 aromatic rings. The molecule has 0 aliphatic rings. The molecule has 0 spiro atoms. The van der Waals surface area contributed by atoms with Gasteiger partial charge in [0.25, 0.3) is 0 Å². The largest absolute Gasteiger partial charge is 0.421 e. The first-order chi connectivity index (χ1) is 13.5. The van der Waals surface area contributed by atoms with Gasteiger partial charge in [-0.2, -0.15) is 0 Å². The van der Waals surface area contributed by atoms with E-state index >= 15 is 0 Å². The Balaban J connectivity index is 1.78. The molecule has 7 heteroatoms. The quantitative estimate of drug-likeness (QED) is 0.426. The van der Waals surface area contributed by atoms with Crippen LogP contribution in [0.3, 0.4) is 0 Å². The zero-order chi connectivity index (χ0) is 19.8. The van der Waals surface area contributed by atoms with Crippen LogP contribution in [0.4, 0.5) is 0 Å². The third-order valence-electron chi connectivity index (χ3n) is 4.60. The van der Waals surface area contributed by atoms with Gasteiger partial charge in [-0.1, -0.05) is 41.1 Å². The summed E-state index contributed by atoms with van der Waals surface area (Å²) in [6.07, 6.45) is 0. The van der Waals surface area contributed by atoms with Crippen molar-refractivity contribution in [2.45, 2.75) is 13.5 Å². The first-order valence-electron chi connectivity index (χ1n) is 8.58. The van der Waals surface area contributed by atoms with E-state index in [4.69, 9.17) is 0 Å². The van der Waals surface area contributed by atoms with Gasteiger partial charge in [-0.25, -0.2) is 4.79 Å². The van der Waals surface area contributed by atoms with Crippen LogP contribution in [0.1, 0.15) is 22.8 Å². The van der Waals surface area contributed by atoms with Crippen LogP contribution in [0, 0.1) is 0 Å². The van der Waals surface area contributed by atoms with Gasteiger partial charge in [-0.3, -0.25) is 14.2 Å². The molecule has 0 unspecified atom stereocenters. The zero-order valence-electron chi connectivity index (χ0n) is 15.0. The Bertz CT molecular complexity index is 1330. The molecule has 2 heterocycles. The first kappa shape index (κ1) is 17.9. The molecule has 4 rings (SSSR count). The highest BCUT2D eigenvalue weighted by Gasteiger charge is 2.14. The molecule has 0 radical (unpaired) electrons. The molecule has 28 heavy (non-hydrogen) atoms. The summed E-state index contributed by atoms with van der Waals surface area (Å²) < 4.78 is 1.85. The molecule has 6 nitrogen and oxygen atoms in total. The Hall–Kier alpha value is -3.45. The fourth-order valence-electron chi connectivity index (χ4n) is 3.18. The number of rotatable bonds is 4. The highest BCUT2D eigenvalue weighted by Crippen LogP contribution is 2.23. The second-order valence-electron chi connectivity index (χ2n) is 6.46. The van der Waals surface area contributed by atoms with Crippen molar-refractivity contribution >= 4 is 27.3 Å². The molecule has 0 saturated carbocycles. The minimum absolute atomic E-state index is 0.00499. The Morgan fingerprint density at radius 2 is 1.75 bits per heavy atom. The molecule has 2 aromatic heterocycles. The van der Waals surface area contributed by atoms with E-state index < -0.39 is 11.2 Å². The van der Waals surface area contributed by atoms with E-state index in [-0.39, 0.29) is 17.1 Å². The van der Waals surface area contributed by atoms with Gasteiger partial charge >= 0.3 is 11.2 Å². The van der Waals surface area contributed by atoms with Crippen molar-refractivity contribution in [2.24, 2.45) is 0 Å². The van der Waals surface area contributed by atoms with Gasteiger partial charge in [-0.15, -0.1) is 11.3 Å². The summed E-state index contributed by atoms with van der Waals surface area (Å²) in [7, 11) is 0. The number of aromatic nitrogens is 2. The highest BCUT2D eigenvalue weighted by molar-refractivity contribution is 7.17. The van der Waals surface area contributed by atoms with Crippen molar-refractivity contribution in [1.29, 1.82) is 0 Å². The molecule has 0 saturated heterocycles. The van der Waals surface area contributed by atoms with E-state index in [9.17, 15) is 19.6 Å². The molecule has 1 N–H and O–H groups in total. The van der Waals surface area contributed by atoms with Gasteiger partial charge in [-0.05, 0) is 47.2 Å². The third kappa shape index (κ3) is 3.05. The summed E-state index contributed by atoms with van der Waals surface area (Å²) in [6, 6.07) is 16.7. The average Bonchev–Trinajstić information content (AvgIpc) is 3.20. The normalized spacial score (nSPS) is 11.0. The maximum Gasteiger partial charge on any atom is 0.365 e. The van der Waals surface area contributed by atoms with Crippen LogP contribution in [0.5, 0.6) is 0 Å². The molecule has 0 fully saturated rings. The molecular weight excluding hydrogens is 376 g/mol. The Morgan fingerprint density at radius 3 is 2.50 bits per heavy atom. The van der Waals surface area contributed by atoms with Crippen LogP contribution in [-0.2, 0) is 6.54 Å². The number of nitrogens with zero attached hydrogens (tertiary/aromatic N) is 2. The van der Waals surface area contributed by atoms with Crippen molar-refractivity contribution in [3.05, 3.63) is 91.9 Å². The lowest BCUT2D eigenvalue weighted by molar-refractivity contribution is 0.101. The van der Waals surface area contributed by atoms with E-state index in [0.29, 0.717) is 15.8 Å². The Labute approximate surface area is 163 Å². The number of Topliss-reactive ketones (excluding diaryl/α,β-unsaturated/α-hetero) is 1. The number of benzene rings is 2. The minimum Gasteiger partial charge on any atom is -0.421 e. The maximum absolute atomic E-state index is 12.4. The molecule has 0 amide bonds. The smallest absolute Gasteiger partial charge is 0.365 e. The molecular formula is C21H16N2O4S. The summed E-state index contributed by atoms with van der Waals surface area (Å²) in [5.41, 5.74) is 2.28. The van der Waals surface area contributed by atoms with Gasteiger partial charge in [0.2, 0.25) is 0 Å². The second kappa shape index (κ2) is 6.94. The molecule has 0 aliphatic heterocycles. The van der Waals surface area contributed by atoms with Gasteiger partial charge < -0.3 is 5.21 Å². The monoisotopic (exact) mass is 392 g/mol. The lowest BCUT2D eigenvalue weighted by atomic mass is 10.00. The first-order valence-corrected chi connectivity index (χ1v) is 9.46. The summed E-state index contributed by atoms with van der Waals surface area (Å²) in [4.78, 5) is 36.1. The number of hydrogen-bond acceptors (Lipinski definition) is 5. The Kier molecular flexibility index (Phi) is 4.44. The van der Waals surface area contributed by atoms with Gasteiger partial charge in [0.15, 0.2) is 5.78 Å². The van der Waals surface area contributed by atoms with Gasteiger partial charge in [0, 0.05) is 5.56 Å². The predicted octanol–water partition coefficient (Wildman–Crippen LogP) is 3.38. The standard InChI is InChI=1S/C21H16N2O4S/c1-13(24)15-5-3-7-17(11-15)16-6-2-4-14(10-16)12-22-18-8-9-28-19(18)20(25)23(27)21(22)26/h2-11,27H,12H2,1H3. The van der Waals surface area contributed by atoms with Crippen LogP contribution in [0.15, 0.2) is 69.6 Å². The highest BCUT2D eigenvalue weighted by atomic mass is 32.1. The maximum atomic E-state index is 12.4. The SMILES string of the molecule is CC(=O)c1cccc(-c2cccc(Cn3c(=O)n(O)c(=O)c4sccc43)c2)c1. The number of fused-ring (bicyclic) bond motifs is 1. The fraction of sp³-hybridized carbons (Fsp3) is 0.0952. The van der Waals surface area contributed by atoms with Crippen molar-refractivity contribution in [3.63, 3.8) is 0 Å². The van der Waals surface area contributed by atoms with Crippen molar-refractivity contribution in [2.75, 3.05) is 0 Å².